The Balaban J connectivity index is 2.88. The Morgan fingerprint density at radius 2 is 2.23 bits per heavy atom. The molecule has 2 N–H and O–H groups in total. The van der Waals surface area contributed by atoms with E-state index in [1.54, 1.807) is 7.05 Å². The molecule has 5 nitrogen and oxygen atoms in total. The number of hydrogen-bond donors (Lipinski definition) is 2. The maximum Gasteiger partial charge on any atom is 0.275 e. The van der Waals surface area contributed by atoms with Crippen LogP contribution >= 0.6 is 0 Å². The summed E-state index contributed by atoms with van der Waals surface area (Å²) in [7, 11) is 1.59. The van der Waals surface area contributed by atoms with Crippen LogP contribution < -0.4 is 0 Å². The predicted octanol–water partition coefficient (Wildman–Crippen LogP) is -0.315. The van der Waals surface area contributed by atoms with Crippen molar-refractivity contribution in [1.29, 1.82) is 0 Å². The van der Waals surface area contributed by atoms with Gasteiger partial charge in [0.2, 0.25) is 5.91 Å². The largest absolute Gasteiger partial charge is 0.347 e. The highest BCUT2D eigenvalue weighted by Gasteiger charge is 2.34. The first kappa shape index (κ1) is 10.1. The van der Waals surface area contributed by atoms with Gasteiger partial charge in [0.15, 0.2) is 0 Å². The lowest BCUT2D eigenvalue weighted by Gasteiger charge is -2.29. The van der Waals surface area contributed by atoms with E-state index in [0.29, 0.717) is 12.3 Å². The van der Waals surface area contributed by atoms with Gasteiger partial charge in [0.25, 0.3) is 5.91 Å². The van der Waals surface area contributed by atoms with Gasteiger partial charge in [-0.25, -0.2) is 4.99 Å². The van der Waals surface area contributed by atoms with Gasteiger partial charge in [-0.15, -0.1) is 0 Å². The number of aliphatic imine (C=N–C) groups is 1. The van der Waals surface area contributed by atoms with Crippen LogP contribution in [0.5, 0.6) is 0 Å². The van der Waals surface area contributed by atoms with Crippen LogP contribution in [0.1, 0.15) is 26.2 Å². The van der Waals surface area contributed by atoms with Crippen molar-refractivity contribution in [1.82, 2.24) is 4.90 Å². The van der Waals surface area contributed by atoms with Gasteiger partial charge in [-0.3, -0.25) is 4.79 Å². The minimum atomic E-state index is -2.20. The molecular formula is C8H14N2O3. The van der Waals surface area contributed by atoms with Gasteiger partial charge in [-0.05, 0) is 6.42 Å². The molecule has 0 saturated heterocycles. The second-order valence-electron chi connectivity index (χ2n) is 3.18. The molecule has 0 bridgehead atoms. The fraction of sp³-hybridized carbons (Fsp3) is 0.750. The molecule has 0 saturated carbocycles. The number of amides is 1. The zero-order valence-electron chi connectivity index (χ0n) is 7.82. The van der Waals surface area contributed by atoms with E-state index in [1.165, 1.54) is 4.90 Å². The molecule has 1 heterocycles. The van der Waals surface area contributed by atoms with Crippen LogP contribution in [-0.4, -0.2) is 39.8 Å². The van der Waals surface area contributed by atoms with Crippen molar-refractivity contribution < 1.29 is 15.0 Å². The molecule has 0 radical (unpaired) electrons. The summed E-state index contributed by atoms with van der Waals surface area (Å²) in [6.07, 6.45) is 1.02. The van der Waals surface area contributed by atoms with Crippen LogP contribution in [0.15, 0.2) is 4.99 Å². The maximum atomic E-state index is 11.2. The summed E-state index contributed by atoms with van der Waals surface area (Å²) in [5.41, 5.74) is 0. The molecule has 0 aromatic heterocycles. The average Bonchev–Trinajstić information content (AvgIpc) is 1.99. The Morgan fingerprint density at radius 1 is 1.62 bits per heavy atom. The van der Waals surface area contributed by atoms with Gasteiger partial charge in [0.1, 0.15) is 12.3 Å². The third kappa shape index (κ3) is 2.26. The van der Waals surface area contributed by atoms with E-state index in [1.807, 2.05) is 6.92 Å². The van der Waals surface area contributed by atoms with Crippen LogP contribution in [0.3, 0.4) is 0 Å². The monoisotopic (exact) mass is 186 g/mol. The van der Waals surface area contributed by atoms with Crippen molar-refractivity contribution in [2.45, 2.75) is 32.1 Å². The van der Waals surface area contributed by atoms with Crippen LogP contribution in [0.25, 0.3) is 0 Å². The van der Waals surface area contributed by atoms with Crippen molar-refractivity contribution >= 4 is 11.7 Å². The van der Waals surface area contributed by atoms with Crippen molar-refractivity contribution in [2.24, 2.45) is 4.99 Å². The number of amidine groups is 1. The molecule has 0 aromatic carbocycles. The van der Waals surface area contributed by atoms with Crippen molar-refractivity contribution in [2.75, 3.05) is 7.05 Å². The molecule has 0 aliphatic carbocycles. The van der Waals surface area contributed by atoms with Gasteiger partial charge < -0.3 is 15.1 Å². The Kier molecular flexibility index (Phi) is 2.68. The highest BCUT2D eigenvalue weighted by molar-refractivity contribution is 6.00. The first-order chi connectivity index (χ1) is 5.96. The molecular weight excluding hydrogens is 172 g/mol. The minimum absolute atomic E-state index is 0.316. The van der Waals surface area contributed by atoms with E-state index in [4.69, 9.17) is 0 Å². The third-order valence-corrected chi connectivity index (χ3v) is 1.93. The molecule has 1 aliphatic rings. The highest BCUT2D eigenvalue weighted by Crippen LogP contribution is 2.18. The van der Waals surface area contributed by atoms with Gasteiger partial charge >= 0.3 is 0 Å². The molecule has 1 amide bonds. The molecule has 0 spiro atoms. The van der Waals surface area contributed by atoms with E-state index >= 15 is 0 Å². The van der Waals surface area contributed by atoms with Gasteiger partial charge in [0, 0.05) is 13.5 Å². The molecule has 1 rings (SSSR count). The van der Waals surface area contributed by atoms with Crippen LogP contribution in [-0.2, 0) is 4.79 Å². The van der Waals surface area contributed by atoms with Crippen molar-refractivity contribution in [3.05, 3.63) is 0 Å². The number of aliphatic hydroxyl groups is 2. The zero-order chi connectivity index (χ0) is 10.1. The lowest BCUT2D eigenvalue weighted by Crippen LogP contribution is -2.46. The first-order valence-corrected chi connectivity index (χ1v) is 4.26. The number of carbonyl (C=O) groups is 1. The number of rotatable bonds is 2. The lowest BCUT2D eigenvalue weighted by molar-refractivity contribution is -0.175. The van der Waals surface area contributed by atoms with E-state index in [2.05, 4.69) is 4.99 Å². The molecule has 0 atom stereocenters. The summed E-state index contributed by atoms with van der Waals surface area (Å²) in [4.78, 5) is 16.3. The van der Waals surface area contributed by atoms with Crippen molar-refractivity contribution in [3.63, 3.8) is 0 Å². The number of hydrogen-bond acceptors (Lipinski definition) is 4. The average molecular weight is 186 g/mol. The fourth-order valence-corrected chi connectivity index (χ4v) is 1.23. The maximum absolute atomic E-state index is 11.2. The molecule has 0 aromatic rings. The summed E-state index contributed by atoms with van der Waals surface area (Å²) in [5, 5.41) is 18.4. The smallest absolute Gasteiger partial charge is 0.275 e. The van der Waals surface area contributed by atoms with Gasteiger partial charge in [-0.1, -0.05) is 6.92 Å². The zero-order valence-corrected chi connectivity index (χ0v) is 7.82. The Morgan fingerprint density at radius 3 is 2.77 bits per heavy atom. The summed E-state index contributed by atoms with van der Waals surface area (Å²) in [6.45, 7) is 1.94. The Bertz CT molecular complexity index is 248. The normalized spacial score (nSPS) is 21.7. The number of carbonyl (C=O) groups excluding carboxylic acids is 1. The van der Waals surface area contributed by atoms with Crippen LogP contribution in [0.4, 0.5) is 0 Å². The lowest BCUT2D eigenvalue weighted by atomic mass is 10.2. The molecule has 0 unspecified atom stereocenters. The van der Waals surface area contributed by atoms with E-state index in [0.717, 1.165) is 6.42 Å². The second-order valence-corrected chi connectivity index (χ2v) is 3.18. The van der Waals surface area contributed by atoms with Gasteiger partial charge in [-0.2, -0.15) is 0 Å². The third-order valence-electron chi connectivity index (χ3n) is 1.93. The van der Waals surface area contributed by atoms with E-state index < -0.39 is 5.91 Å². The molecule has 5 heteroatoms. The van der Waals surface area contributed by atoms with Crippen LogP contribution in [0, 0.1) is 0 Å². The number of nitrogens with zero attached hydrogens (tertiary/aromatic N) is 2. The first-order valence-electron chi connectivity index (χ1n) is 4.26. The standard InChI is InChI=1S/C8H14N2O3/c1-3-4-6-9-8(12,13)5-7(11)10(6)2/h12-13H,3-5H2,1-2H3. The predicted molar refractivity (Wildman–Crippen MR) is 46.9 cm³/mol. The fourth-order valence-electron chi connectivity index (χ4n) is 1.23. The summed E-state index contributed by atoms with van der Waals surface area (Å²) in [6, 6.07) is 0. The minimum Gasteiger partial charge on any atom is -0.347 e. The van der Waals surface area contributed by atoms with Gasteiger partial charge in [0.05, 0.1) is 0 Å². The molecule has 1 aliphatic heterocycles. The van der Waals surface area contributed by atoms with E-state index in [9.17, 15) is 15.0 Å². The Hall–Kier alpha value is -0.940. The van der Waals surface area contributed by atoms with Crippen LogP contribution in [0.2, 0.25) is 0 Å². The molecule has 0 fully saturated rings. The van der Waals surface area contributed by atoms with Crippen molar-refractivity contribution in [3.8, 4) is 0 Å². The highest BCUT2D eigenvalue weighted by atomic mass is 16.5. The Labute approximate surface area is 76.7 Å². The molecule has 13 heavy (non-hydrogen) atoms. The quantitative estimate of drug-likeness (QED) is 0.581. The second kappa shape index (κ2) is 3.43. The SMILES string of the molecule is CCCC1=NC(O)(O)CC(=O)N1C. The summed E-state index contributed by atoms with van der Waals surface area (Å²) in [5.74, 6) is -2.08. The topological polar surface area (TPSA) is 73.1 Å². The molecule has 74 valence electrons. The summed E-state index contributed by atoms with van der Waals surface area (Å²) < 4.78 is 0. The summed E-state index contributed by atoms with van der Waals surface area (Å²) >= 11 is 0. The van der Waals surface area contributed by atoms with E-state index in [-0.39, 0.29) is 12.3 Å².